The molecule has 8 heteroatoms. The van der Waals surface area contributed by atoms with Crippen LogP contribution in [0.3, 0.4) is 0 Å². The number of benzene rings is 3. The number of carbonyl (C=O) groups excluding carboxylic acids is 1. The summed E-state index contributed by atoms with van der Waals surface area (Å²) in [6, 6.07) is 20.4. The van der Waals surface area contributed by atoms with Crippen molar-refractivity contribution >= 4 is 21.6 Å². The van der Waals surface area contributed by atoms with E-state index in [9.17, 15) is 13.2 Å². The molecule has 0 aromatic heterocycles. The summed E-state index contributed by atoms with van der Waals surface area (Å²) >= 11 is 0. The molecule has 3 aromatic carbocycles. The maximum atomic E-state index is 13.3. The molecule has 0 heterocycles. The lowest BCUT2D eigenvalue weighted by Crippen LogP contribution is -2.41. The highest BCUT2D eigenvalue weighted by atomic mass is 32.2. The lowest BCUT2D eigenvalue weighted by molar-refractivity contribution is -0.119. The predicted molar refractivity (Wildman–Crippen MR) is 128 cm³/mol. The largest absolute Gasteiger partial charge is 0.497 e. The van der Waals surface area contributed by atoms with E-state index >= 15 is 0 Å². The molecular weight excluding hydrogens is 440 g/mol. The minimum Gasteiger partial charge on any atom is -0.497 e. The zero-order valence-corrected chi connectivity index (χ0v) is 19.8. The first-order chi connectivity index (χ1) is 15.8. The first-order valence-corrected chi connectivity index (χ1v) is 11.9. The van der Waals surface area contributed by atoms with E-state index in [1.165, 1.54) is 19.2 Å². The van der Waals surface area contributed by atoms with Crippen LogP contribution in [-0.2, 0) is 14.8 Å². The zero-order valence-electron chi connectivity index (χ0n) is 18.9. The molecule has 7 nitrogen and oxygen atoms in total. The third kappa shape index (κ3) is 6.04. The molecule has 0 saturated heterocycles. The van der Waals surface area contributed by atoms with E-state index in [-0.39, 0.29) is 24.6 Å². The third-order valence-corrected chi connectivity index (χ3v) is 7.00. The number of hydrogen-bond donors (Lipinski definition) is 1. The van der Waals surface area contributed by atoms with Crippen molar-refractivity contribution in [2.45, 2.75) is 18.7 Å². The summed E-state index contributed by atoms with van der Waals surface area (Å²) in [5.41, 5.74) is 2.57. The first-order valence-electron chi connectivity index (χ1n) is 10.5. The number of methoxy groups -OCH3 is 1. The molecule has 1 N–H and O–H groups in total. The van der Waals surface area contributed by atoms with Gasteiger partial charge in [0, 0.05) is 0 Å². The maximum absolute atomic E-state index is 13.3. The van der Waals surface area contributed by atoms with Gasteiger partial charge in [0.25, 0.3) is 10.0 Å². The smallest absolute Gasteiger partial charge is 0.264 e. The number of carbonyl (C=O) groups is 1. The second-order valence-electron chi connectivity index (χ2n) is 7.42. The summed E-state index contributed by atoms with van der Waals surface area (Å²) in [5, 5.41) is 2.74. The molecular formula is C25H28N2O5S. The number of sulfonamides is 1. The van der Waals surface area contributed by atoms with Crippen LogP contribution in [0.4, 0.5) is 5.69 Å². The molecule has 0 spiro atoms. The molecule has 0 aliphatic heterocycles. The van der Waals surface area contributed by atoms with Crippen molar-refractivity contribution in [3.8, 4) is 11.5 Å². The van der Waals surface area contributed by atoms with Gasteiger partial charge in [0.15, 0.2) is 0 Å². The normalized spacial score (nSPS) is 11.0. The fourth-order valence-electron chi connectivity index (χ4n) is 3.20. The van der Waals surface area contributed by atoms with Gasteiger partial charge in [-0.25, -0.2) is 8.42 Å². The number of para-hydroxylation sites is 1. The van der Waals surface area contributed by atoms with Gasteiger partial charge in [-0.2, -0.15) is 0 Å². The summed E-state index contributed by atoms with van der Waals surface area (Å²) in [4.78, 5) is 12.7. The van der Waals surface area contributed by atoms with Crippen molar-refractivity contribution in [1.82, 2.24) is 5.32 Å². The molecule has 0 aliphatic carbocycles. The molecule has 0 atom stereocenters. The zero-order chi connectivity index (χ0) is 23.8. The quantitative estimate of drug-likeness (QED) is 0.459. The van der Waals surface area contributed by atoms with Crippen molar-refractivity contribution in [2.24, 2.45) is 0 Å². The number of rotatable bonds is 10. The van der Waals surface area contributed by atoms with Gasteiger partial charge in [0.1, 0.15) is 24.7 Å². The third-order valence-electron chi connectivity index (χ3n) is 5.22. The fourth-order valence-corrected chi connectivity index (χ4v) is 4.62. The topological polar surface area (TPSA) is 84.9 Å². The summed E-state index contributed by atoms with van der Waals surface area (Å²) in [7, 11) is -2.46. The second kappa shape index (κ2) is 10.9. The Morgan fingerprint density at radius 2 is 1.64 bits per heavy atom. The Morgan fingerprint density at radius 3 is 2.30 bits per heavy atom. The van der Waals surface area contributed by atoms with Gasteiger partial charge in [-0.1, -0.05) is 30.3 Å². The van der Waals surface area contributed by atoms with Gasteiger partial charge >= 0.3 is 0 Å². The standard InChI is InChI=1S/C25H28N2O5S/c1-19-8-7-11-24(20(19)2)32-17-16-26-25(28)18-27(21-9-5-4-6-10-21)33(29,30)23-14-12-22(31-3)13-15-23/h4-15H,16-18H2,1-3H3,(H,26,28). The van der Waals surface area contributed by atoms with Gasteiger partial charge in [-0.05, 0) is 67.4 Å². The minimum atomic E-state index is -3.97. The molecule has 3 aromatic rings. The van der Waals surface area contributed by atoms with E-state index < -0.39 is 15.9 Å². The molecule has 0 unspecified atom stereocenters. The lowest BCUT2D eigenvalue weighted by atomic mass is 10.1. The Morgan fingerprint density at radius 1 is 0.939 bits per heavy atom. The monoisotopic (exact) mass is 468 g/mol. The molecule has 33 heavy (non-hydrogen) atoms. The molecule has 1 amide bonds. The SMILES string of the molecule is COc1ccc(S(=O)(=O)N(CC(=O)NCCOc2cccc(C)c2C)c2ccccc2)cc1. The summed E-state index contributed by atoms with van der Waals surface area (Å²) in [6.07, 6.45) is 0. The number of hydrogen-bond acceptors (Lipinski definition) is 5. The Labute approximate surface area is 195 Å². The van der Waals surface area contributed by atoms with E-state index in [2.05, 4.69) is 5.32 Å². The van der Waals surface area contributed by atoms with Crippen LogP contribution in [-0.4, -0.2) is 41.1 Å². The summed E-state index contributed by atoms with van der Waals surface area (Å²) in [6.45, 7) is 4.14. The molecule has 174 valence electrons. The van der Waals surface area contributed by atoms with E-state index in [1.54, 1.807) is 42.5 Å². The highest BCUT2D eigenvalue weighted by Crippen LogP contribution is 2.25. The van der Waals surface area contributed by atoms with Crippen LogP contribution in [0.5, 0.6) is 11.5 Å². The lowest BCUT2D eigenvalue weighted by Gasteiger charge is -2.24. The number of amides is 1. The van der Waals surface area contributed by atoms with Gasteiger partial charge in [0.05, 0.1) is 24.2 Å². The Kier molecular flexibility index (Phi) is 7.95. The molecule has 3 rings (SSSR count). The predicted octanol–water partition coefficient (Wildman–Crippen LogP) is 3.70. The van der Waals surface area contributed by atoms with Crippen LogP contribution in [0.25, 0.3) is 0 Å². The van der Waals surface area contributed by atoms with Crippen molar-refractivity contribution in [2.75, 3.05) is 31.1 Å². The molecule has 0 fully saturated rings. The van der Waals surface area contributed by atoms with Crippen molar-refractivity contribution in [3.05, 3.63) is 83.9 Å². The number of aryl methyl sites for hydroxylation is 1. The fraction of sp³-hybridized carbons (Fsp3) is 0.240. The van der Waals surface area contributed by atoms with Crippen molar-refractivity contribution in [1.29, 1.82) is 0 Å². The number of ether oxygens (including phenoxy) is 2. The molecule has 0 aliphatic rings. The molecule has 0 saturated carbocycles. The number of anilines is 1. The average molecular weight is 469 g/mol. The van der Waals surface area contributed by atoms with Crippen molar-refractivity contribution in [3.63, 3.8) is 0 Å². The average Bonchev–Trinajstić information content (AvgIpc) is 2.83. The van der Waals surface area contributed by atoms with E-state index in [1.807, 2.05) is 32.0 Å². The van der Waals surface area contributed by atoms with Crippen LogP contribution >= 0.6 is 0 Å². The van der Waals surface area contributed by atoms with Crippen LogP contribution in [0, 0.1) is 13.8 Å². The Balaban J connectivity index is 1.68. The number of nitrogens with zero attached hydrogens (tertiary/aromatic N) is 1. The summed E-state index contributed by atoms with van der Waals surface area (Å²) < 4.78 is 38.6. The van der Waals surface area contributed by atoms with Gasteiger partial charge < -0.3 is 14.8 Å². The minimum absolute atomic E-state index is 0.0678. The van der Waals surface area contributed by atoms with Crippen LogP contribution in [0.1, 0.15) is 11.1 Å². The van der Waals surface area contributed by atoms with Crippen LogP contribution in [0.15, 0.2) is 77.7 Å². The van der Waals surface area contributed by atoms with E-state index in [0.29, 0.717) is 11.4 Å². The van der Waals surface area contributed by atoms with Crippen LogP contribution in [0.2, 0.25) is 0 Å². The van der Waals surface area contributed by atoms with Crippen molar-refractivity contribution < 1.29 is 22.7 Å². The Bertz CT molecular complexity index is 1180. The molecule has 0 radical (unpaired) electrons. The molecule has 0 bridgehead atoms. The number of nitrogens with one attached hydrogen (secondary N) is 1. The highest BCUT2D eigenvalue weighted by molar-refractivity contribution is 7.92. The van der Waals surface area contributed by atoms with Gasteiger partial charge in [-0.15, -0.1) is 0 Å². The Hall–Kier alpha value is -3.52. The van der Waals surface area contributed by atoms with Gasteiger partial charge in [0.2, 0.25) is 5.91 Å². The first kappa shape index (κ1) is 24.1. The van der Waals surface area contributed by atoms with Gasteiger partial charge in [-0.3, -0.25) is 9.10 Å². The highest BCUT2D eigenvalue weighted by Gasteiger charge is 2.27. The van der Waals surface area contributed by atoms with E-state index in [4.69, 9.17) is 9.47 Å². The van der Waals surface area contributed by atoms with Crippen LogP contribution < -0.4 is 19.1 Å². The second-order valence-corrected chi connectivity index (χ2v) is 9.28. The maximum Gasteiger partial charge on any atom is 0.264 e. The van der Waals surface area contributed by atoms with E-state index in [0.717, 1.165) is 21.2 Å². The summed E-state index contributed by atoms with van der Waals surface area (Å²) in [5.74, 6) is 0.875.